The molecule has 0 heterocycles. The van der Waals surface area contributed by atoms with Crippen LogP contribution in [0.2, 0.25) is 0 Å². The Kier molecular flexibility index (Phi) is 6.54. The number of primary sulfonamides is 1. The van der Waals surface area contributed by atoms with Crippen LogP contribution in [0.1, 0.15) is 31.2 Å². The summed E-state index contributed by atoms with van der Waals surface area (Å²) in [5.74, 6) is -0.655. The first-order valence-corrected chi connectivity index (χ1v) is 9.82. The lowest BCUT2D eigenvalue weighted by atomic mass is 9.85. The van der Waals surface area contributed by atoms with E-state index in [0.29, 0.717) is 25.7 Å². The Morgan fingerprint density at radius 3 is 2.46 bits per heavy atom. The van der Waals surface area contributed by atoms with Crippen molar-refractivity contribution in [2.45, 2.75) is 43.2 Å². The molecule has 2 rings (SSSR count). The minimum Gasteiger partial charge on any atom is -0.359 e. The number of hydrogen-bond donors (Lipinski definition) is 4. The molecule has 0 unspecified atom stereocenters. The molecule has 8 nitrogen and oxygen atoms in total. The number of benzene rings is 1. The van der Waals surface area contributed by atoms with Gasteiger partial charge in [0, 0.05) is 31.1 Å². The van der Waals surface area contributed by atoms with Crippen LogP contribution in [0.3, 0.4) is 0 Å². The monoisotopic (exact) mass is 386 g/mol. The summed E-state index contributed by atoms with van der Waals surface area (Å²) in [5.41, 5.74) is 0.0231. The molecular formula is C16H23FN4O4S. The van der Waals surface area contributed by atoms with E-state index >= 15 is 0 Å². The minimum atomic E-state index is -3.95. The number of carbonyl (C=O) groups excluding carboxylic acids is 2. The predicted molar refractivity (Wildman–Crippen MR) is 93.0 cm³/mol. The largest absolute Gasteiger partial charge is 0.359 e. The van der Waals surface area contributed by atoms with Crippen molar-refractivity contribution in [3.63, 3.8) is 0 Å². The molecule has 1 aliphatic carbocycles. The summed E-state index contributed by atoms with van der Waals surface area (Å²) in [5, 5.41) is 12.9. The molecule has 1 aromatic carbocycles. The zero-order chi connectivity index (χ0) is 19.3. The van der Waals surface area contributed by atoms with Gasteiger partial charge in [-0.25, -0.2) is 22.7 Å². The highest BCUT2D eigenvalue weighted by molar-refractivity contribution is 7.89. The molecule has 0 saturated heterocycles. The van der Waals surface area contributed by atoms with Crippen LogP contribution in [0.4, 0.5) is 9.18 Å². The van der Waals surface area contributed by atoms with Crippen LogP contribution in [0, 0.1) is 11.7 Å². The fourth-order valence-electron chi connectivity index (χ4n) is 2.98. The maximum absolute atomic E-state index is 13.8. The lowest BCUT2D eigenvalue weighted by Gasteiger charge is -2.28. The zero-order valence-electron chi connectivity index (χ0n) is 14.4. The normalized spacial score (nSPS) is 20.3. The van der Waals surface area contributed by atoms with Crippen molar-refractivity contribution in [3.05, 3.63) is 29.6 Å². The number of halogens is 1. The molecule has 1 fully saturated rings. The quantitative estimate of drug-likeness (QED) is 0.589. The molecule has 0 spiro atoms. The second-order valence-corrected chi connectivity index (χ2v) is 7.85. The highest BCUT2D eigenvalue weighted by atomic mass is 32.2. The predicted octanol–water partition coefficient (Wildman–Crippen LogP) is 0.577. The highest BCUT2D eigenvalue weighted by Gasteiger charge is 2.26. The number of hydrogen-bond acceptors (Lipinski definition) is 4. The SMILES string of the molecule is CNC(=O)C1CCC(NC(=O)NCc2cc(S(N)(=O)=O)ccc2F)CC1. The average Bonchev–Trinajstić information content (AvgIpc) is 2.60. The number of nitrogens with two attached hydrogens (primary N) is 1. The van der Waals surface area contributed by atoms with Gasteiger partial charge < -0.3 is 16.0 Å². The van der Waals surface area contributed by atoms with E-state index in [9.17, 15) is 22.4 Å². The molecule has 0 atom stereocenters. The van der Waals surface area contributed by atoms with Gasteiger partial charge in [0.2, 0.25) is 15.9 Å². The Morgan fingerprint density at radius 2 is 1.88 bits per heavy atom. The number of sulfonamides is 1. The number of nitrogens with one attached hydrogen (secondary N) is 3. The summed E-state index contributed by atoms with van der Waals surface area (Å²) in [7, 11) is -2.34. The molecule has 0 aliphatic heterocycles. The average molecular weight is 386 g/mol. The van der Waals surface area contributed by atoms with Gasteiger partial charge in [0.25, 0.3) is 0 Å². The summed E-state index contributed by atoms with van der Waals surface area (Å²) in [6, 6.07) is 2.62. The second-order valence-electron chi connectivity index (χ2n) is 6.29. The highest BCUT2D eigenvalue weighted by Crippen LogP contribution is 2.24. The lowest BCUT2D eigenvalue weighted by Crippen LogP contribution is -2.44. The molecule has 26 heavy (non-hydrogen) atoms. The zero-order valence-corrected chi connectivity index (χ0v) is 15.2. The van der Waals surface area contributed by atoms with Crippen molar-refractivity contribution in [1.29, 1.82) is 0 Å². The molecule has 5 N–H and O–H groups in total. The second kappa shape index (κ2) is 8.45. The van der Waals surface area contributed by atoms with Crippen LogP contribution < -0.4 is 21.1 Å². The van der Waals surface area contributed by atoms with Gasteiger partial charge in [-0.05, 0) is 43.9 Å². The summed E-state index contributed by atoms with van der Waals surface area (Å²) in [4.78, 5) is 23.4. The summed E-state index contributed by atoms with van der Waals surface area (Å²) >= 11 is 0. The first-order valence-electron chi connectivity index (χ1n) is 8.28. The molecular weight excluding hydrogens is 363 g/mol. The Bertz CT molecular complexity index is 776. The van der Waals surface area contributed by atoms with E-state index in [-0.39, 0.29) is 34.9 Å². The maximum atomic E-state index is 13.8. The van der Waals surface area contributed by atoms with Gasteiger partial charge in [-0.15, -0.1) is 0 Å². The van der Waals surface area contributed by atoms with Crippen molar-refractivity contribution >= 4 is 22.0 Å². The van der Waals surface area contributed by atoms with Gasteiger partial charge in [-0.3, -0.25) is 4.79 Å². The smallest absolute Gasteiger partial charge is 0.315 e. The van der Waals surface area contributed by atoms with Crippen LogP contribution >= 0.6 is 0 Å². The van der Waals surface area contributed by atoms with E-state index < -0.39 is 21.9 Å². The van der Waals surface area contributed by atoms with Crippen LogP contribution in [0.15, 0.2) is 23.1 Å². The Balaban J connectivity index is 1.85. The Labute approximate surface area is 151 Å². The molecule has 1 aromatic rings. The summed E-state index contributed by atoms with van der Waals surface area (Å²) in [6.07, 6.45) is 2.74. The van der Waals surface area contributed by atoms with Gasteiger partial charge in [-0.1, -0.05) is 0 Å². The Hall–Kier alpha value is -2.20. The molecule has 1 aliphatic rings. The van der Waals surface area contributed by atoms with E-state index in [0.717, 1.165) is 18.2 Å². The van der Waals surface area contributed by atoms with Crippen molar-refractivity contribution in [1.82, 2.24) is 16.0 Å². The van der Waals surface area contributed by atoms with Gasteiger partial charge in [0.1, 0.15) is 5.82 Å². The molecule has 3 amide bonds. The summed E-state index contributed by atoms with van der Waals surface area (Å²) < 4.78 is 36.4. The summed E-state index contributed by atoms with van der Waals surface area (Å²) in [6.45, 7) is -0.172. The van der Waals surface area contributed by atoms with E-state index in [1.807, 2.05) is 0 Å². The molecule has 1 saturated carbocycles. The molecule has 0 bridgehead atoms. The lowest BCUT2D eigenvalue weighted by molar-refractivity contribution is -0.125. The topological polar surface area (TPSA) is 130 Å². The first-order chi connectivity index (χ1) is 12.2. The Morgan fingerprint density at radius 1 is 1.23 bits per heavy atom. The fraction of sp³-hybridized carbons (Fsp3) is 0.500. The molecule has 10 heteroatoms. The van der Waals surface area contributed by atoms with Crippen LogP contribution in [0.25, 0.3) is 0 Å². The van der Waals surface area contributed by atoms with Gasteiger partial charge in [-0.2, -0.15) is 0 Å². The van der Waals surface area contributed by atoms with Crippen LogP contribution in [0.5, 0.6) is 0 Å². The third kappa shape index (κ3) is 5.40. The number of carbonyl (C=O) groups is 2. The first kappa shape index (κ1) is 20.1. The molecule has 0 aromatic heterocycles. The van der Waals surface area contributed by atoms with E-state index in [2.05, 4.69) is 16.0 Å². The van der Waals surface area contributed by atoms with Crippen molar-refractivity contribution in [2.24, 2.45) is 11.1 Å². The van der Waals surface area contributed by atoms with E-state index in [1.165, 1.54) is 0 Å². The van der Waals surface area contributed by atoms with Crippen molar-refractivity contribution < 1.29 is 22.4 Å². The fourth-order valence-corrected chi connectivity index (χ4v) is 3.54. The standard InChI is InChI=1S/C16H23FN4O4S/c1-19-15(22)10-2-4-12(5-3-10)21-16(23)20-9-11-8-13(26(18,24)25)6-7-14(11)17/h6-8,10,12H,2-5,9H2,1H3,(H,19,22)(H2,18,24,25)(H2,20,21,23). The molecule has 0 radical (unpaired) electrons. The van der Waals surface area contributed by atoms with Gasteiger partial charge in [0.05, 0.1) is 4.90 Å². The van der Waals surface area contributed by atoms with Crippen LogP contribution in [-0.2, 0) is 21.4 Å². The molecule has 144 valence electrons. The minimum absolute atomic E-state index is 0.0121. The number of urea groups is 1. The maximum Gasteiger partial charge on any atom is 0.315 e. The van der Waals surface area contributed by atoms with Gasteiger partial charge >= 0.3 is 6.03 Å². The third-order valence-corrected chi connectivity index (χ3v) is 5.38. The van der Waals surface area contributed by atoms with Crippen LogP contribution in [-0.4, -0.2) is 33.4 Å². The number of amides is 3. The van der Waals surface area contributed by atoms with Gasteiger partial charge in [0.15, 0.2) is 0 Å². The van der Waals surface area contributed by atoms with Crippen molar-refractivity contribution in [3.8, 4) is 0 Å². The number of rotatable bonds is 5. The van der Waals surface area contributed by atoms with Crippen molar-refractivity contribution in [2.75, 3.05) is 7.05 Å². The van der Waals surface area contributed by atoms with E-state index in [4.69, 9.17) is 5.14 Å². The third-order valence-electron chi connectivity index (χ3n) is 4.46. The van der Waals surface area contributed by atoms with E-state index in [1.54, 1.807) is 7.05 Å².